The van der Waals surface area contributed by atoms with Crippen LogP contribution in [-0.2, 0) is 6.42 Å². The Morgan fingerprint density at radius 3 is 2.60 bits per heavy atom. The van der Waals surface area contributed by atoms with E-state index in [1.807, 2.05) is 43.3 Å². The van der Waals surface area contributed by atoms with E-state index in [4.69, 9.17) is 5.26 Å². The van der Waals surface area contributed by atoms with Gasteiger partial charge >= 0.3 is 0 Å². The summed E-state index contributed by atoms with van der Waals surface area (Å²) in [6, 6.07) is 14.2. The van der Waals surface area contributed by atoms with E-state index in [9.17, 15) is 0 Å². The third-order valence-electron chi connectivity index (χ3n) is 3.03. The average molecular weight is 266 g/mol. The second-order valence-corrected chi connectivity index (χ2v) is 4.51. The van der Waals surface area contributed by atoms with Crippen molar-refractivity contribution in [1.29, 1.82) is 5.26 Å². The van der Waals surface area contributed by atoms with Crippen LogP contribution in [0.25, 0.3) is 0 Å². The normalized spacial score (nSPS) is 10.1. The topological polar surface area (TPSA) is 52.8 Å². The number of para-hydroxylation sites is 1. The minimum atomic E-state index is 0.458. The molecule has 0 aliphatic carbocycles. The molecule has 0 atom stereocenters. The zero-order chi connectivity index (χ0) is 14.4. The molecule has 0 saturated carbocycles. The molecule has 0 N–H and O–H groups in total. The number of benzene rings is 1. The summed E-state index contributed by atoms with van der Waals surface area (Å²) >= 11 is 0. The number of rotatable bonds is 5. The Morgan fingerprint density at radius 2 is 1.95 bits per heavy atom. The number of hydrogen-bond acceptors (Lipinski definition) is 4. The van der Waals surface area contributed by atoms with Crippen molar-refractivity contribution in [1.82, 2.24) is 9.97 Å². The molecular formula is C16H18N4. The van der Waals surface area contributed by atoms with E-state index in [0.717, 1.165) is 29.4 Å². The molecule has 0 aliphatic heterocycles. The van der Waals surface area contributed by atoms with E-state index in [1.165, 1.54) is 0 Å². The first-order valence-corrected chi connectivity index (χ1v) is 6.78. The van der Waals surface area contributed by atoms with Crippen molar-refractivity contribution in [3.63, 3.8) is 0 Å². The summed E-state index contributed by atoms with van der Waals surface area (Å²) in [6.45, 7) is 4.60. The van der Waals surface area contributed by atoms with Gasteiger partial charge in [0.15, 0.2) is 0 Å². The Hall–Kier alpha value is -2.41. The Balaban J connectivity index is 2.41. The molecule has 2 rings (SSSR count). The van der Waals surface area contributed by atoms with E-state index < -0.39 is 0 Å². The number of aromatic nitrogens is 2. The fourth-order valence-corrected chi connectivity index (χ4v) is 2.08. The zero-order valence-corrected chi connectivity index (χ0v) is 11.9. The first-order chi connectivity index (χ1) is 9.74. The average Bonchev–Trinajstić information content (AvgIpc) is 2.48. The maximum atomic E-state index is 8.85. The van der Waals surface area contributed by atoms with Crippen LogP contribution in [0.1, 0.15) is 24.9 Å². The Morgan fingerprint density at radius 1 is 1.20 bits per heavy atom. The van der Waals surface area contributed by atoms with E-state index in [0.29, 0.717) is 13.0 Å². The smallest absolute Gasteiger partial charge is 0.136 e. The molecule has 0 radical (unpaired) electrons. The van der Waals surface area contributed by atoms with E-state index in [-0.39, 0.29) is 0 Å². The first-order valence-electron chi connectivity index (χ1n) is 6.78. The second kappa shape index (κ2) is 6.67. The van der Waals surface area contributed by atoms with Crippen LogP contribution in [0.2, 0.25) is 0 Å². The summed E-state index contributed by atoms with van der Waals surface area (Å²) in [5, 5.41) is 8.85. The molecule has 1 aromatic carbocycles. The molecule has 1 heterocycles. The lowest BCUT2D eigenvalue weighted by atomic mass is 10.2. The zero-order valence-electron chi connectivity index (χ0n) is 11.9. The Labute approximate surface area is 119 Å². The molecule has 20 heavy (non-hydrogen) atoms. The van der Waals surface area contributed by atoms with Crippen LogP contribution in [-0.4, -0.2) is 16.5 Å². The Bertz CT molecular complexity index is 602. The lowest BCUT2D eigenvalue weighted by Gasteiger charge is -2.23. The molecule has 4 heteroatoms. The highest BCUT2D eigenvalue weighted by molar-refractivity contribution is 5.60. The lowest BCUT2D eigenvalue weighted by molar-refractivity contribution is 0.885. The van der Waals surface area contributed by atoms with Crippen molar-refractivity contribution >= 4 is 11.5 Å². The van der Waals surface area contributed by atoms with Crippen LogP contribution >= 0.6 is 0 Å². The minimum Gasteiger partial charge on any atom is -0.325 e. The van der Waals surface area contributed by atoms with Crippen molar-refractivity contribution in [2.24, 2.45) is 0 Å². The standard InChI is InChI=1S/C16H18N4/c1-3-14-12-16(19-13(2)18-14)20(11-7-10-17)15-8-5-4-6-9-15/h4-6,8-9,12H,3,7,11H2,1-2H3. The van der Waals surface area contributed by atoms with Crippen molar-refractivity contribution in [3.05, 3.63) is 47.9 Å². The van der Waals surface area contributed by atoms with Gasteiger partial charge in [0, 0.05) is 24.0 Å². The molecule has 0 aliphatic rings. The third-order valence-corrected chi connectivity index (χ3v) is 3.03. The number of aryl methyl sites for hydroxylation is 2. The highest BCUT2D eigenvalue weighted by Gasteiger charge is 2.12. The van der Waals surface area contributed by atoms with Gasteiger partial charge in [0.25, 0.3) is 0 Å². The summed E-state index contributed by atoms with van der Waals surface area (Å²) in [7, 11) is 0. The first kappa shape index (κ1) is 14.0. The molecule has 0 amide bonds. The summed E-state index contributed by atoms with van der Waals surface area (Å²) in [6.07, 6.45) is 1.33. The minimum absolute atomic E-state index is 0.458. The molecule has 2 aromatic rings. The van der Waals surface area contributed by atoms with Crippen molar-refractivity contribution in [2.45, 2.75) is 26.7 Å². The molecule has 4 nitrogen and oxygen atoms in total. The third kappa shape index (κ3) is 3.33. The summed E-state index contributed by atoms with van der Waals surface area (Å²) in [5.74, 6) is 1.62. The summed E-state index contributed by atoms with van der Waals surface area (Å²) < 4.78 is 0. The Kier molecular flexibility index (Phi) is 4.67. The number of nitriles is 1. The highest BCUT2D eigenvalue weighted by Crippen LogP contribution is 2.24. The number of hydrogen-bond donors (Lipinski definition) is 0. The predicted octanol–water partition coefficient (Wildman–Crippen LogP) is 3.40. The molecule has 0 saturated heterocycles. The van der Waals surface area contributed by atoms with Gasteiger partial charge in [0.05, 0.1) is 12.5 Å². The van der Waals surface area contributed by atoms with Crippen LogP contribution in [0.5, 0.6) is 0 Å². The van der Waals surface area contributed by atoms with Gasteiger partial charge in [-0.15, -0.1) is 0 Å². The van der Waals surface area contributed by atoms with Gasteiger partial charge < -0.3 is 4.90 Å². The SMILES string of the molecule is CCc1cc(N(CCC#N)c2ccccc2)nc(C)n1. The van der Waals surface area contributed by atoms with E-state index >= 15 is 0 Å². The number of anilines is 2. The number of nitrogens with zero attached hydrogens (tertiary/aromatic N) is 4. The second-order valence-electron chi connectivity index (χ2n) is 4.51. The van der Waals surface area contributed by atoms with Crippen LogP contribution in [0.4, 0.5) is 11.5 Å². The van der Waals surface area contributed by atoms with Gasteiger partial charge in [0.1, 0.15) is 11.6 Å². The van der Waals surface area contributed by atoms with Gasteiger partial charge in [-0.1, -0.05) is 25.1 Å². The van der Waals surface area contributed by atoms with Gasteiger partial charge in [-0.05, 0) is 25.5 Å². The van der Waals surface area contributed by atoms with Crippen molar-refractivity contribution < 1.29 is 0 Å². The van der Waals surface area contributed by atoms with E-state index in [1.54, 1.807) is 0 Å². The van der Waals surface area contributed by atoms with Gasteiger partial charge in [-0.2, -0.15) is 5.26 Å². The maximum absolute atomic E-state index is 8.85. The van der Waals surface area contributed by atoms with Crippen molar-refractivity contribution in [2.75, 3.05) is 11.4 Å². The molecule has 102 valence electrons. The van der Waals surface area contributed by atoms with Crippen LogP contribution < -0.4 is 4.90 Å². The van der Waals surface area contributed by atoms with Gasteiger partial charge in [0.2, 0.25) is 0 Å². The molecule has 0 spiro atoms. The fourth-order valence-electron chi connectivity index (χ4n) is 2.08. The summed E-state index contributed by atoms with van der Waals surface area (Å²) in [4.78, 5) is 11.0. The predicted molar refractivity (Wildman–Crippen MR) is 79.8 cm³/mol. The quantitative estimate of drug-likeness (QED) is 0.832. The molecule has 0 unspecified atom stereocenters. The highest BCUT2D eigenvalue weighted by atomic mass is 15.2. The molecule has 0 fully saturated rings. The monoisotopic (exact) mass is 266 g/mol. The maximum Gasteiger partial charge on any atom is 0.136 e. The van der Waals surface area contributed by atoms with Gasteiger partial charge in [-0.25, -0.2) is 9.97 Å². The molecular weight excluding hydrogens is 248 g/mol. The summed E-state index contributed by atoms with van der Waals surface area (Å²) in [5.41, 5.74) is 2.06. The van der Waals surface area contributed by atoms with E-state index in [2.05, 4.69) is 27.9 Å². The lowest BCUT2D eigenvalue weighted by Crippen LogP contribution is -2.20. The van der Waals surface area contributed by atoms with Crippen LogP contribution in [0.15, 0.2) is 36.4 Å². The fraction of sp³-hybridized carbons (Fsp3) is 0.312. The van der Waals surface area contributed by atoms with Crippen LogP contribution in [0.3, 0.4) is 0 Å². The molecule has 0 bridgehead atoms. The van der Waals surface area contributed by atoms with Gasteiger partial charge in [-0.3, -0.25) is 0 Å². The molecule has 1 aromatic heterocycles. The van der Waals surface area contributed by atoms with Crippen molar-refractivity contribution in [3.8, 4) is 6.07 Å². The largest absolute Gasteiger partial charge is 0.325 e. The van der Waals surface area contributed by atoms with Crippen LogP contribution in [0, 0.1) is 18.3 Å².